The van der Waals surface area contributed by atoms with Gasteiger partial charge in [-0.05, 0) is 30.3 Å². The Labute approximate surface area is 258 Å². The number of benzene rings is 1. The summed E-state index contributed by atoms with van der Waals surface area (Å²) in [6, 6.07) is 5.76. The van der Waals surface area contributed by atoms with E-state index >= 15 is 4.39 Å². The van der Waals surface area contributed by atoms with Crippen LogP contribution in [0, 0.1) is 5.82 Å². The van der Waals surface area contributed by atoms with Gasteiger partial charge in [0, 0.05) is 30.5 Å². The molecule has 5 rings (SSSR count). The highest BCUT2D eigenvalue weighted by atomic mass is 35.5. The smallest absolute Gasteiger partial charge is 0.414 e. The number of aromatic amines is 1. The van der Waals surface area contributed by atoms with E-state index in [-0.39, 0.29) is 42.6 Å². The molecule has 2 aliphatic heterocycles. The molecular weight excluding hydrogens is 623 g/mol. The SMILES string of the molecule is N[C@@H](Cc1cnc[nH]1)C(=O)OCC(=O)N(CC1CN(c2ccc(N3CCOCC3=O)cc2F)C(=O)O1)C(=O)c1ccc(Cl)s1. The number of carbonyl (C=O) groups excluding carboxylic acids is 5. The van der Waals surface area contributed by atoms with Gasteiger partial charge in [0.05, 0.1) is 40.9 Å². The van der Waals surface area contributed by atoms with E-state index in [2.05, 4.69) is 9.97 Å². The second kappa shape index (κ2) is 13.5. The Morgan fingerprint density at radius 3 is 2.75 bits per heavy atom. The monoisotopic (exact) mass is 648 g/mol. The summed E-state index contributed by atoms with van der Waals surface area (Å²) in [6.07, 6.45) is 1.04. The van der Waals surface area contributed by atoms with Gasteiger partial charge in [0.25, 0.3) is 17.7 Å². The predicted octanol–water partition coefficient (Wildman–Crippen LogP) is 1.73. The van der Waals surface area contributed by atoms with Crippen LogP contribution in [-0.2, 0) is 35.0 Å². The van der Waals surface area contributed by atoms with Crippen molar-refractivity contribution in [3.63, 3.8) is 0 Å². The van der Waals surface area contributed by atoms with Gasteiger partial charge in [-0.1, -0.05) is 11.6 Å². The molecular formula is C27H26ClFN6O8S. The van der Waals surface area contributed by atoms with Crippen LogP contribution in [0.5, 0.6) is 0 Å². The van der Waals surface area contributed by atoms with Gasteiger partial charge in [-0.2, -0.15) is 0 Å². The number of carbonyl (C=O) groups is 5. The first-order chi connectivity index (χ1) is 21.1. The largest absolute Gasteiger partial charge is 0.454 e. The topological polar surface area (TPSA) is 177 Å². The Balaban J connectivity index is 1.27. The van der Waals surface area contributed by atoms with E-state index in [1.165, 1.54) is 41.7 Å². The summed E-state index contributed by atoms with van der Waals surface area (Å²) in [6.45, 7) is -1.01. The third kappa shape index (κ3) is 7.05. The number of nitrogens with zero attached hydrogens (tertiary/aromatic N) is 4. The van der Waals surface area contributed by atoms with E-state index < -0.39 is 55.0 Å². The quantitative estimate of drug-likeness (QED) is 0.308. The van der Waals surface area contributed by atoms with Crippen LogP contribution < -0.4 is 15.5 Å². The Kier molecular flexibility index (Phi) is 9.53. The molecule has 0 spiro atoms. The van der Waals surface area contributed by atoms with E-state index in [4.69, 9.17) is 31.5 Å². The van der Waals surface area contributed by atoms with Crippen molar-refractivity contribution in [3.8, 4) is 0 Å². The van der Waals surface area contributed by atoms with Crippen LogP contribution in [0.1, 0.15) is 15.4 Å². The maximum absolute atomic E-state index is 15.2. The maximum atomic E-state index is 15.2. The van der Waals surface area contributed by atoms with E-state index in [1.54, 1.807) is 0 Å². The second-order valence-corrected chi connectivity index (χ2v) is 11.5. The van der Waals surface area contributed by atoms with E-state index in [9.17, 15) is 24.0 Å². The number of anilines is 2. The zero-order valence-electron chi connectivity index (χ0n) is 22.9. The van der Waals surface area contributed by atoms with Gasteiger partial charge >= 0.3 is 12.1 Å². The Morgan fingerprint density at radius 1 is 1.25 bits per heavy atom. The molecule has 2 atom stereocenters. The van der Waals surface area contributed by atoms with E-state index in [0.29, 0.717) is 22.3 Å². The normalized spacial score (nSPS) is 17.4. The number of amides is 4. The van der Waals surface area contributed by atoms with Crippen molar-refractivity contribution in [1.82, 2.24) is 14.9 Å². The maximum Gasteiger partial charge on any atom is 0.414 e. The summed E-state index contributed by atoms with van der Waals surface area (Å²) in [5.74, 6) is -3.64. The molecule has 1 aromatic carbocycles. The number of esters is 1. The second-order valence-electron chi connectivity index (χ2n) is 9.76. The van der Waals surface area contributed by atoms with Crippen molar-refractivity contribution in [1.29, 1.82) is 0 Å². The minimum atomic E-state index is -1.10. The molecule has 0 radical (unpaired) electrons. The van der Waals surface area contributed by atoms with Crippen LogP contribution in [-0.4, -0.2) is 96.3 Å². The molecule has 232 valence electrons. The van der Waals surface area contributed by atoms with Crippen molar-refractivity contribution in [3.05, 3.63) is 63.6 Å². The number of hydrogen-bond donors (Lipinski definition) is 2. The molecule has 2 saturated heterocycles. The van der Waals surface area contributed by atoms with Crippen LogP contribution in [0.4, 0.5) is 20.6 Å². The Hall–Kier alpha value is -4.38. The molecule has 1 unspecified atom stereocenters. The number of cyclic esters (lactones) is 1. The van der Waals surface area contributed by atoms with E-state index in [0.717, 1.165) is 27.2 Å². The number of imidazole rings is 1. The number of H-pyrrole nitrogens is 1. The van der Waals surface area contributed by atoms with E-state index in [1.807, 2.05) is 0 Å². The Morgan fingerprint density at radius 2 is 2.07 bits per heavy atom. The molecule has 2 fully saturated rings. The standard InChI is InChI=1S/C27H26ClFN6O8S/c28-22-4-3-21(44-22)25(38)35(24(37)13-42-26(39)19(30)7-15-9-31-14-32-15)11-17-10-34(27(40)43-17)20-2-1-16(8-18(20)29)33-5-6-41-12-23(33)36/h1-4,8-9,14,17,19H,5-7,10-13,30H2,(H,31,32)/t17?,19-/m0/s1. The Bertz CT molecular complexity index is 1570. The average Bonchev–Trinajstić information content (AvgIpc) is 3.76. The number of nitrogens with one attached hydrogen (secondary N) is 1. The van der Waals surface area contributed by atoms with Gasteiger partial charge in [-0.3, -0.25) is 29.0 Å². The summed E-state index contributed by atoms with van der Waals surface area (Å²) >= 11 is 6.90. The third-order valence-electron chi connectivity index (χ3n) is 6.75. The van der Waals surface area contributed by atoms with Gasteiger partial charge in [0.2, 0.25) is 0 Å². The van der Waals surface area contributed by atoms with Crippen LogP contribution >= 0.6 is 22.9 Å². The molecule has 3 aromatic rings. The zero-order chi connectivity index (χ0) is 31.4. The van der Waals surface area contributed by atoms with Gasteiger partial charge in [-0.25, -0.2) is 14.2 Å². The van der Waals surface area contributed by atoms with Crippen molar-refractivity contribution in [2.75, 3.05) is 49.3 Å². The lowest BCUT2D eigenvalue weighted by Crippen LogP contribution is -2.45. The molecule has 3 N–H and O–H groups in total. The minimum absolute atomic E-state index is 0.0809. The summed E-state index contributed by atoms with van der Waals surface area (Å²) in [7, 11) is 0. The van der Waals surface area contributed by atoms with Crippen LogP contribution in [0.25, 0.3) is 0 Å². The molecule has 2 aliphatic rings. The number of aromatic nitrogens is 2. The first kappa shape index (κ1) is 31.1. The summed E-state index contributed by atoms with van der Waals surface area (Å²) in [4.78, 5) is 73.7. The fraction of sp³-hybridized carbons (Fsp3) is 0.333. The fourth-order valence-corrected chi connectivity index (χ4v) is 5.58. The number of morpholine rings is 1. The lowest BCUT2D eigenvalue weighted by molar-refractivity contribution is -0.152. The number of hydrogen-bond acceptors (Lipinski definition) is 11. The lowest BCUT2D eigenvalue weighted by Gasteiger charge is -2.27. The van der Waals surface area contributed by atoms with Crippen molar-refractivity contribution in [2.24, 2.45) is 5.73 Å². The highest BCUT2D eigenvalue weighted by molar-refractivity contribution is 7.18. The van der Waals surface area contributed by atoms with Gasteiger partial charge in [0.15, 0.2) is 6.61 Å². The number of nitrogens with two attached hydrogens (primary N) is 1. The summed E-state index contributed by atoms with van der Waals surface area (Å²) < 4.78 is 31.0. The summed E-state index contributed by atoms with van der Waals surface area (Å²) in [5.41, 5.74) is 6.64. The molecule has 0 saturated carbocycles. The van der Waals surface area contributed by atoms with Gasteiger partial charge in [0.1, 0.15) is 24.6 Å². The molecule has 4 amide bonds. The minimum Gasteiger partial charge on any atom is -0.454 e. The first-order valence-corrected chi connectivity index (χ1v) is 14.5. The highest BCUT2D eigenvalue weighted by Gasteiger charge is 2.38. The molecule has 17 heteroatoms. The zero-order valence-corrected chi connectivity index (χ0v) is 24.5. The third-order valence-corrected chi connectivity index (χ3v) is 7.96. The van der Waals surface area contributed by atoms with Crippen molar-refractivity contribution < 1.29 is 42.6 Å². The summed E-state index contributed by atoms with van der Waals surface area (Å²) in [5, 5.41) is 0. The number of thiophene rings is 1. The predicted molar refractivity (Wildman–Crippen MR) is 154 cm³/mol. The number of rotatable bonds is 10. The average molecular weight is 649 g/mol. The first-order valence-electron chi connectivity index (χ1n) is 13.3. The molecule has 14 nitrogen and oxygen atoms in total. The van der Waals surface area contributed by atoms with Crippen molar-refractivity contribution >= 4 is 64.1 Å². The van der Waals surface area contributed by atoms with Crippen LogP contribution in [0.3, 0.4) is 0 Å². The van der Waals surface area contributed by atoms with Gasteiger partial charge in [-0.15, -0.1) is 11.3 Å². The van der Waals surface area contributed by atoms with Gasteiger partial charge < -0.3 is 29.8 Å². The number of halogens is 2. The number of ether oxygens (including phenoxy) is 3. The molecule has 2 aromatic heterocycles. The molecule has 4 heterocycles. The fourth-order valence-electron chi connectivity index (χ4n) is 4.59. The molecule has 0 aliphatic carbocycles. The number of imide groups is 1. The molecule has 0 bridgehead atoms. The molecule has 44 heavy (non-hydrogen) atoms. The van der Waals surface area contributed by atoms with Crippen LogP contribution in [0.15, 0.2) is 42.9 Å². The highest BCUT2D eigenvalue weighted by Crippen LogP contribution is 2.30. The van der Waals surface area contributed by atoms with Crippen molar-refractivity contribution in [2.45, 2.75) is 18.6 Å². The van der Waals surface area contributed by atoms with Crippen LogP contribution in [0.2, 0.25) is 4.34 Å². The lowest BCUT2D eigenvalue weighted by atomic mass is 10.2.